The minimum absolute atomic E-state index is 0.0425. The summed E-state index contributed by atoms with van der Waals surface area (Å²) < 4.78 is 32.4. The van der Waals surface area contributed by atoms with Gasteiger partial charge in [-0.3, -0.25) is 23.4 Å². The number of esters is 2. The SMILES string of the molecule is CCCC/C=C\CCCCCCCC(=O)O[C@H](COC(=O)CCC[C@H](O)\C=C/C=C/C=C/[C@H](O)C/C=C\CCCCC)COP(=O)(O)OC[C@H](N)C(=O)O. The highest BCUT2D eigenvalue weighted by atomic mass is 31.2. The van der Waals surface area contributed by atoms with Gasteiger partial charge in [-0.15, -0.1) is 0 Å². The van der Waals surface area contributed by atoms with E-state index in [1.54, 1.807) is 36.5 Å². The van der Waals surface area contributed by atoms with E-state index in [0.29, 0.717) is 19.3 Å². The molecule has 310 valence electrons. The molecule has 0 aliphatic heterocycles. The predicted molar refractivity (Wildman–Crippen MR) is 210 cm³/mol. The van der Waals surface area contributed by atoms with Crippen LogP contribution in [0.1, 0.15) is 129 Å². The lowest BCUT2D eigenvalue weighted by Gasteiger charge is -2.20. The van der Waals surface area contributed by atoms with Crippen LogP contribution in [-0.4, -0.2) is 82.3 Å². The van der Waals surface area contributed by atoms with Gasteiger partial charge in [-0.2, -0.15) is 0 Å². The Bertz CT molecular complexity index is 1190. The maximum atomic E-state index is 12.5. The van der Waals surface area contributed by atoms with Crippen molar-refractivity contribution in [2.24, 2.45) is 5.73 Å². The number of ether oxygens (including phenoxy) is 2. The van der Waals surface area contributed by atoms with Crippen molar-refractivity contribution in [3.8, 4) is 0 Å². The first-order valence-electron chi connectivity index (χ1n) is 19.5. The van der Waals surface area contributed by atoms with Gasteiger partial charge in [0.2, 0.25) is 0 Å². The molecule has 13 nitrogen and oxygen atoms in total. The molecule has 0 saturated carbocycles. The third-order valence-corrected chi connectivity index (χ3v) is 8.88. The summed E-state index contributed by atoms with van der Waals surface area (Å²) in [5, 5.41) is 29.1. The maximum Gasteiger partial charge on any atom is 0.472 e. The molecule has 0 aromatic carbocycles. The fourth-order valence-electron chi connectivity index (χ4n) is 4.71. The highest BCUT2D eigenvalue weighted by molar-refractivity contribution is 7.47. The average molecular weight is 786 g/mol. The number of aliphatic hydroxyl groups is 2. The zero-order valence-electron chi connectivity index (χ0n) is 32.5. The molecule has 14 heteroatoms. The van der Waals surface area contributed by atoms with Crippen molar-refractivity contribution in [3.63, 3.8) is 0 Å². The summed E-state index contributed by atoms with van der Waals surface area (Å²) in [5.41, 5.74) is 5.30. The first-order valence-corrected chi connectivity index (χ1v) is 21.0. The topological polar surface area (TPSA) is 212 Å². The van der Waals surface area contributed by atoms with Crippen LogP contribution >= 0.6 is 7.82 Å². The van der Waals surface area contributed by atoms with Gasteiger partial charge in [-0.05, 0) is 57.8 Å². The van der Waals surface area contributed by atoms with Crippen LogP contribution in [-0.2, 0) is 37.5 Å². The monoisotopic (exact) mass is 785 g/mol. The van der Waals surface area contributed by atoms with Crippen LogP contribution in [0.4, 0.5) is 0 Å². The van der Waals surface area contributed by atoms with Crippen LogP contribution in [0.2, 0.25) is 0 Å². The molecular formula is C40H68NO12P. The van der Waals surface area contributed by atoms with E-state index in [9.17, 15) is 34.1 Å². The van der Waals surface area contributed by atoms with Gasteiger partial charge in [-0.1, -0.05) is 120 Å². The van der Waals surface area contributed by atoms with E-state index in [1.807, 2.05) is 6.08 Å². The number of carboxylic acids is 1. The molecule has 54 heavy (non-hydrogen) atoms. The Kier molecular flexibility index (Phi) is 32.7. The summed E-state index contributed by atoms with van der Waals surface area (Å²) >= 11 is 0. The number of phosphoric acid groups is 1. The summed E-state index contributed by atoms with van der Waals surface area (Å²) in [6.07, 6.45) is 30.8. The first kappa shape index (κ1) is 51.1. The molecule has 0 aromatic rings. The fraction of sp³-hybridized carbons (Fsp3) is 0.675. The van der Waals surface area contributed by atoms with Gasteiger partial charge in [0.15, 0.2) is 6.10 Å². The lowest BCUT2D eigenvalue weighted by molar-refractivity contribution is -0.161. The van der Waals surface area contributed by atoms with Gasteiger partial charge in [-0.25, -0.2) is 4.57 Å². The third kappa shape index (κ3) is 33.7. The molecule has 1 unspecified atom stereocenters. The lowest BCUT2D eigenvalue weighted by atomic mass is 10.1. The molecule has 0 saturated heterocycles. The second-order valence-electron chi connectivity index (χ2n) is 13.1. The second-order valence-corrected chi connectivity index (χ2v) is 14.6. The quantitative estimate of drug-likeness (QED) is 0.0138. The average Bonchev–Trinajstić information content (AvgIpc) is 3.13. The normalized spacial score (nSPS) is 15.7. The van der Waals surface area contributed by atoms with Gasteiger partial charge in [0.25, 0.3) is 0 Å². The van der Waals surface area contributed by atoms with E-state index in [4.69, 9.17) is 24.8 Å². The number of hydrogen-bond acceptors (Lipinski definition) is 11. The molecule has 0 radical (unpaired) electrons. The van der Waals surface area contributed by atoms with E-state index in [-0.39, 0.29) is 19.3 Å². The largest absolute Gasteiger partial charge is 0.480 e. The minimum Gasteiger partial charge on any atom is -0.480 e. The van der Waals surface area contributed by atoms with Crippen LogP contribution in [0.3, 0.4) is 0 Å². The maximum absolute atomic E-state index is 12.5. The summed E-state index contributed by atoms with van der Waals surface area (Å²) in [5.74, 6) is -2.67. The van der Waals surface area contributed by atoms with Crippen molar-refractivity contribution >= 4 is 25.7 Å². The number of nitrogens with two attached hydrogens (primary N) is 1. The molecule has 0 fully saturated rings. The third-order valence-electron chi connectivity index (χ3n) is 7.93. The minimum atomic E-state index is -4.77. The molecule has 0 aliphatic carbocycles. The second kappa shape index (κ2) is 34.6. The zero-order chi connectivity index (χ0) is 40.3. The smallest absolute Gasteiger partial charge is 0.472 e. The Hall–Kier alpha value is -2.90. The highest BCUT2D eigenvalue weighted by Crippen LogP contribution is 2.43. The number of aliphatic carboxylic acids is 1. The van der Waals surface area contributed by atoms with Crippen LogP contribution in [0.15, 0.2) is 60.8 Å². The Labute approximate surface area is 323 Å². The number of hydrogen-bond donors (Lipinski definition) is 5. The zero-order valence-corrected chi connectivity index (χ0v) is 33.4. The fourth-order valence-corrected chi connectivity index (χ4v) is 5.49. The van der Waals surface area contributed by atoms with Crippen molar-refractivity contribution in [1.29, 1.82) is 0 Å². The van der Waals surface area contributed by atoms with Crippen LogP contribution in [0.25, 0.3) is 0 Å². The standard InChI is InChI=1S/C40H68NO12P/c1-3-5-7-9-11-12-13-14-15-17-23-29-39(45)53-36(32-51-54(48,49)52-33-37(41)40(46)47)31-50-38(44)30-24-28-35(43)27-22-19-18-21-26-34(42)25-20-16-10-8-6-4-2/h9,11,16,18-22,26-27,34-37,42-43H,3-8,10,12-15,17,23-25,28-33,41H2,1-2H3,(H,46,47)(H,48,49)/b11-9-,19-18+,20-16-,26-21+,27-22-/t34-,35-,36-,37+/m1/s1. The van der Waals surface area contributed by atoms with Crippen LogP contribution < -0.4 is 5.73 Å². The van der Waals surface area contributed by atoms with Gasteiger partial charge in [0, 0.05) is 12.8 Å². The van der Waals surface area contributed by atoms with Crippen molar-refractivity contribution in [2.75, 3.05) is 19.8 Å². The van der Waals surface area contributed by atoms with Gasteiger partial charge < -0.3 is 35.4 Å². The molecule has 0 amide bonds. The molecule has 0 aromatic heterocycles. The Morgan fingerprint density at radius 2 is 1.22 bits per heavy atom. The number of rotatable bonds is 35. The first-order chi connectivity index (χ1) is 25.9. The van der Waals surface area contributed by atoms with Crippen molar-refractivity contribution < 1.29 is 57.7 Å². The van der Waals surface area contributed by atoms with Crippen molar-refractivity contribution in [1.82, 2.24) is 0 Å². The highest BCUT2D eigenvalue weighted by Gasteiger charge is 2.28. The number of carbonyl (C=O) groups is 3. The number of unbranched alkanes of at least 4 members (excludes halogenated alkanes) is 10. The molecule has 0 spiro atoms. The molecular weight excluding hydrogens is 717 g/mol. The molecule has 5 atom stereocenters. The van der Waals surface area contributed by atoms with E-state index < -0.39 is 69.9 Å². The number of carbonyl (C=O) groups excluding carboxylic acids is 2. The van der Waals surface area contributed by atoms with Crippen molar-refractivity contribution in [2.45, 2.75) is 154 Å². The van der Waals surface area contributed by atoms with E-state index in [0.717, 1.165) is 51.4 Å². The van der Waals surface area contributed by atoms with Gasteiger partial charge in [0.1, 0.15) is 12.6 Å². The van der Waals surface area contributed by atoms with Crippen LogP contribution in [0, 0.1) is 0 Å². The molecule has 6 N–H and O–H groups in total. The summed E-state index contributed by atoms with van der Waals surface area (Å²) in [7, 11) is -4.77. The lowest BCUT2D eigenvalue weighted by Crippen LogP contribution is -2.34. The molecule has 0 rings (SSSR count). The molecule has 0 bridgehead atoms. The van der Waals surface area contributed by atoms with Crippen LogP contribution in [0.5, 0.6) is 0 Å². The van der Waals surface area contributed by atoms with E-state index >= 15 is 0 Å². The van der Waals surface area contributed by atoms with Gasteiger partial charge in [0.05, 0.1) is 25.4 Å². The Morgan fingerprint density at radius 1 is 0.667 bits per heavy atom. The van der Waals surface area contributed by atoms with Crippen molar-refractivity contribution in [3.05, 3.63) is 60.8 Å². The Morgan fingerprint density at radius 3 is 1.89 bits per heavy atom. The summed E-state index contributed by atoms with van der Waals surface area (Å²) in [4.78, 5) is 45.8. The predicted octanol–water partition coefficient (Wildman–Crippen LogP) is 7.55. The Balaban J connectivity index is 4.70. The number of allylic oxidation sites excluding steroid dienone is 7. The summed E-state index contributed by atoms with van der Waals surface area (Å²) in [6, 6.07) is -1.56. The number of phosphoric ester groups is 1. The summed E-state index contributed by atoms with van der Waals surface area (Å²) in [6.45, 7) is 2.40. The number of carboxylic acid groups (broad SMARTS) is 1. The van der Waals surface area contributed by atoms with E-state index in [1.165, 1.54) is 25.7 Å². The molecule has 0 aliphatic rings. The van der Waals surface area contributed by atoms with E-state index in [2.05, 4.69) is 36.6 Å². The number of aliphatic hydroxyl groups excluding tert-OH is 2. The van der Waals surface area contributed by atoms with Gasteiger partial charge >= 0.3 is 25.7 Å². The molecule has 0 heterocycles.